The average Bonchev–Trinajstić information content (AvgIpc) is 2.39. The van der Waals surface area contributed by atoms with Crippen molar-refractivity contribution in [2.24, 2.45) is 5.92 Å². The van der Waals surface area contributed by atoms with E-state index < -0.39 is 5.97 Å². The number of aromatic nitrogens is 2. The molecular weight excluding hydrogens is 246 g/mol. The van der Waals surface area contributed by atoms with Crippen LogP contribution in [0.15, 0.2) is 6.20 Å². The summed E-state index contributed by atoms with van der Waals surface area (Å²) in [6.45, 7) is 4.21. The van der Waals surface area contributed by atoms with Gasteiger partial charge in [-0.1, -0.05) is 0 Å². The number of rotatable bonds is 4. The summed E-state index contributed by atoms with van der Waals surface area (Å²) in [5.41, 5.74) is 0.667. The molecule has 0 aromatic carbocycles. The maximum absolute atomic E-state index is 10.9. The molecule has 1 fully saturated rings. The van der Waals surface area contributed by atoms with E-state index in [1.165, 1.54) is 6.20 Å². The molecule has 1 aromatic heterocycles. The molecule has 1 saturated heterocycles. The van der Waals surface area contributed by atoms with Crippen LogP contribution in [0, 0.1) is 12.8 Å². The predicted molar refractivity (Wildman–Crippen MR) is 70.5 cm³/mol. The van der Waals surface area contributed by atoms with Gasteiger partial charge in [-0.05, 0) is 25.7 Å². The molecule has 1 atom stereocenters. The molecule has 1 aliphatic rings. The number of aryl methyl sites for hydroxylation is 1. The molecule has 0 aliphatic carbocycles. The summed E-state index contributed by atoms with van der Waals surface area (Å²) in [4.78, 5) is 21.5. The van der Waals surface area contributed by atoms with Gasteiger partial charge in [-0.2, -0.15) is 0 Å². The quantitative estimate of drug-likeness (QED) is 0.885. The lowest BCUT2D eigenvalue weighted by atomic mass is 9.99. The van der Waals surface area contributed by atoms with Gasteiger partial charge in [-0.25, -0.2) is 14.8 Å². The van der Waals surface area contributed by atoms with Crippen LogP contribution in [-0.2, 0) is 4.74 Å². The Morgan fingerprint density at radius 2 is 2.42 bits per heavy atom. The lowest BCUT2D eigenvalue weighted by Crippen LogP contribution is -2.38. The fourth-order valence-corrected chi connectivity index (χ4v) is 2.44. The number of carboxylic acid groups (broad SMARTS) is 1. The minimum absolute atomic E-state index is 0.161. The molecule has 0 radical (unpaired) electrons. The molecular formula is C13H19N3O3. The third kappa shape index (κ3) is 3.20. The summed E-state index contributed by atoms with van der Waals surface area (Å²) in [6, 6.07) is 0. The van der Waals surface area contributed by atoms with Gasteiger partial charge in [-0.15, -0.1) is 0 Å². The Morgan fingerprint density at radius 1 is 1.63 bits per heavy atom. The van der Waals surface area contributed by atoms with Crippen LogP contribution in [0.2, 0.25) is 0 Å². The van der Waals surface area contributed by atoms with Crippen LogP contribution in [0.1, 0.15) is 28.9 Å². The van der Waals surface area contributed by atoms with Crippen LogP contribution < -0.4 is 4.90 Å². The Balaban J connectivity index is 2.13. The zero-order chi connectivity index (χ0) is 13.8. The normalized spacial score (nSPS) is 19.5. The molecule has 1 N–H and O–H groups in total. The highest BCUT2D eigenvalue weighted by Crippen LogP contribution is 2.21. The van der Waals surface area contributed by atoms with Gasteiger partial charge in [0.05, 0.1) is 17.9 Å². The third-order valence-corrected chi connectivity index (χ3v) is 3.40. The van der Waals surface area contributed by atoms with Crippen molar-refractivity contribution in [2.45, 2.75) is 19.8 Å². The maximum atomic E-state index is 10.9. The first kappa shape index (κ1) is 13.7. The molecule has 0 amide bonds. The molecule has 2 rings (SSSR count). The van der Waals surface area contributed by atoms with Gasteiger partial charge in [0.1, 0.15) is 0 Å². The van der Waals surface area contributed by atoms with Crippen LogP contribution in [0.3, 0.4) is 0 Å². The average molecular weight is 265 g/mol. The molecule has 6 heteroatoms. The van der Waals surface area contributed by atoms with Crippen molar-refractivity contribution in [3.8, 4) is 0 Å². The second-order valence-electron chi connectivity index (χ2n) is 4.88. The minimum Gasteiger partial charge on any atom is -0.478 e. The van der Waals surface area contributed by atoms with Crippen LogP contribution in [0.25, 0.3) is 0 Å². The number of carbonyl (C=O) groups is 1. The second kappa shape index (κ2) is 5.97. The zero-order valence-corrected chi connectivity index (χ0v) is 11.3. The van der Waals surface area contributed by atoms with E-state index in [2.05, 4.69) is 14.9 Å². The number of ether oxygens (including phenoxy) is 1. The van der Waals surface area contributed by atoms with Crippen LogP contribution >= 0.6 is 0 Å². The van der Waals surface area contributed by atoms with Crippen molar-refractivity contribution in [3.05, 3.63) is 17.5 Å². The monoisotopic (exact) mass is 265 g/mol. The van der Waals surface area contributed by atoms with Gasteiger partial charge >= 0.3 is 5.97 Å². The number of hydrogen-bond acceptors (Lipinski definition) is 5. The Labute approximate surface area is 112 Å². The van der Waals surface area contributed by atoms with Crippen molar-refractivity contribution in [1.29, 1.82) is 0 Å². The van der Waals surface area contributed by atoms with Crippen molar-refractivity contribution in [1.82, 2.24) is 9.97 Å². The molecule has 1 aliphatic heterocycles. The first-order valence-electron chi connectivity index (χ1n) is 6.42. The van der Waals surface area contributed by atoms with E-state index in [1.807, 2.05) is 0 Å². The minimum atomic E-state index is -0.986. The molecule has 6 nitrogen and oxygen atoms in total. The standard InChI is InChI=1S/C13H19N3O3/c1-9-11(12(17)18)6-14-13(15-9)16-5-3-4-10(7-16)8-19-2/h6,10H,3-5,7-8H2,1-2H3,(H,17,18). The van der Waals surface area contributed by atoms with E-state index in [0.29, 0.717) is 17.6 Å². The van der Waals surface area contributed by atoms with E-state index >= 15 is 0 Å². The molecule has 0 bridgehead atoms. The topological polar surface area (TPSA) is 75.5 Å². The first-order valence-corrected chi connectivity index (χ1v) is 6.42. The summed E-state index contributed by atoms with van der Waals surface area (Å²) >= 11 is 0. The molecule has 0 saturated carbocycles. The molecule has 0 spiro atoms. The van der Waals surface area contributed by atoms with Crippen molar-refractivity contribution in [3.63, 3.8) is 0 Å². The summed E-state index contributed by atoms with van der Waals surface area (Å²) in [7, 11) is 1.71. The number of carboxylic acids is 1. The molecule has 1 aromatic rings. The van der Waals surface area contributed by atoms with Crippen molar-refractivity contribution >= 4 is 11.9 Å². The Kier molecular flexibility index (Phi) is 4.31. The van der Waals surface area contributed by atoms with Gasteiger partial charge in [-0.3, -0.25) is 0 Å². The van der Waals surface area contributed by atoms with E-state index in [9.17, 15) is 4.79 Å². The summed E-state index contributed by atoms with van der Waals surface area (Å²) in [5.74, 6) is 0.116. The first-order chi connectivity index (χ1) is 9.11. The smallest absolute Gasteiger partial charge is 0.339 e. The van der Waals surface area contributed by atoms with E-state index in [-0.39, 0.29) is 5.56 Å². The highest BCUT2D eigenvalue weighted by Gasteiger charge is 2.22. The van der Waals surface area contributed by atoms with Gasteiger partial charge in [0.15, 0.2) is 0 Å². The van der Waals surface area contributed by atoms with Crippen LogP contribution in [0.5, 0.6) is 0 Å². The zero-order valence-electron chi connectivity index (χ0n) is 11.3. The number of anilines is 1. The molecule has 19 heavy (non-hydrogen) atoms. The van der Waals surface area contributed by atoms with Crippen LogP contribution in [0.4, 0.5) is 5.95 Å². The number of piperidine rings is 1. The molecule has 2 heterocycles. The number of aromatic carboxylic acids is 1. The van der Waals surface area contributed by atoms with Crippen molar-refractivity contribution < 1.29 is 14.6 Å². The SMILES string of the molecule is COCC1CCCN(c2ncc(C(=O)O)c(C)n2)C1. The van der Waals surface area contributed by atoms with Gasteiger partial charge in [0, 0.05) is 26.4 Å². The lowest BCUT2D eigenvalue weighted by Gasteiger charge is -2.32. The summed E-state index contributed by atoms with van der Waals surface area (Å²) < 4.78 is 5.19. The number of nitrogens with zero attached hydrogens (tertiary/aromatic N) is 3. The fraction of sp³-hybridized carbons (Fsp3) is 0.615. The molecule has 104 valence electrons. The number of methoxy groups -OCH3 is 1. The fourth-order valence-electron chi connectivity index (χ4n) is 2.44. The highest BCUT2D eigenvalue weighted by atomic mass is 16.5. The Morgan fingerprint density at radius 3 is 3.05 bits per heavy atom. The van der Waals surface area contributed by atoms with E-state index in [1.54, 1.807) is 14.0 Å². The van der Waals surface area contributed by atoms with Gasteiger partial charge < -0.3 is 14.7 Å². The van der Waals surface area contributed by atoms with Gasteiger partial charge in [0.2, 0.25) is 5.95 Å². The second-order valence-corrected chi connectivity index (χ2v) is 4.88. The molecule has 1 unspecified atom stereocenters. The maximum Gasteiger partial charge on any atom is 0.339 e. The van der Waals surface area contributed by atoms with Crippen LogP contribution in [-0.4, -0.2) is 47.8 Å². The van der Waals surface area contributed by atoms with E-state index in [4.69, 9.17) is 9.84 Å². The lowest BCUT2D eigenvalue weighted by molar-refractivity contribution is 0.0695. The van der Waals surface area contributed by atoms with E-state index in [0.717, 1.165) is 32.5 Å². The summed E-state index contributed by atoms with van der Waals surface area (Å²) in [5, 5.41) is 8.97. The number of hydrogen-bond donors (Lipinski definition) is 1. The highest BCUT2D eigenvalue weighted by molar-refractivity contribution is 5.88. The third-order valence-electron chi connectivity index (χ3n) is 3.40. The Hall–Kier alpha value is -1.69. The van der Waals surface area contributed by atoms with Crippen molar-refractivity contribution in [2.75, 3.05) is 31.7 Å². The predicted octanol–water partition coefficient (Wildman–Crippen LogP) is 1.35. The Bertz CT molecular complexity index is 462. The van der Waals surface area contributed by atoms with Gasteiger partial charge in [0.25, 0.3) is 0 Å². The summed E-state index contributed by atoms with van der Waals surface area (Å²) in [6.07, 6.45) is 3.62. The largest absolute Gasteiger partial charge is 0.478 e.